The van der Waals surface area contributed by atoms with E-state index in [2.05, 4.69) is 15.1 Å². The van der Waals surface area contributed by atoms with Crippen molar-refractivity contribution < 1.29 is 14.4 Å². The maximum Gasteiger partial charge on any atom is 0.266 e. The molecule has 0 unspecified atom stereocenters. The van der Waals surface area contributed by atoms with Gasteiger partial charge in [-0.1, -0.05) is 42.5 Å². The molecule has 1 aromatic heterocycles. The van der Waals surface area contributed by atoms with Gasteiger partial charge in [0.2, 0.25) is 0 Å². The first-order valence-electron chi connectivity index (χ1n) is 12.1. The fraction of sp³-hybridized carbons (Fsp3) is 0.138. The number of piperazine rings is 1. The molecule has 0 saturated carbocycles. The van der Waals surface area contributed by atoms with Gasteiger partial charge in [0.15, 0.2) is 5.82 Å². The second-order valence-corrected chi connectivity index (χ2v) is 8.96. The molecule has 0 bridgehead atoms. The molecule has 1 saturated heterocycles. The van der Waals surface area contributed by atoms with Gasteiger partial charge in [-0.2, -0.15) is 0 Å². The van der Waals surface area contributed by atoms with Gasteiger partial charge in [-0.15, -0.1) is 10.2 Å². The van der Waals surface area contributed by atoms with Crippen LogP contribution in [-0.4, -0.2) is 59.0 Å². The van der Waals surface area contributed by atoms with Gasteiger partial charge in [-0.3, -0.25) is 14.4 Å². The highest BCUT2D eigenvalue weighted by Gasteiger charge is 2.36. The molecular weight excluding hydrogens is 466 g/mol. The van der Waals surface area contributed by atoms with Gasteiger partial charge < -0.3 is 9.80 Å². The van der Waals surface area contributed by atoms with Gasteiger partial charge in [0.25, 0.3) is 17.7 Å². The molecule has 3 heterocycles. The molecule has 6 rings (SSSR count). The highest BCUT2D eigenvalue weighted by atomic mass is 16.2. The SMILES string of the molecule is O=C(c1ccc(N2C(=O)c3ccccc3C2=O)cc1)N1CCN(c2ccc(-c3ccccc3)nn2)CC1. The van der Waals surface area contributed by atoms with E-state index in [0.29, 0.717) is 48.6 Å². The van der Waals surface area contributed by atoms with Crippen molar-refractivity contribution in [3.8, 4) is 11.3 Å². The van der Waals surface area contributed by atoms with Gasteiger partial charge >= 0.3 is 0 Å². The Morgan fingerprint density at radius 3 is 1.86 bits per heavy atom. The average molecular weight is 490 g/mol. The number of amides is 3. The number of nitrogens with zero attached hydrogens (tertiary/aromatic N) is 5. The maximum atomic E-state index is 13.1. The zero-order valence-electron chi connectivity index (χ0n) is 19.9. The monoisotopic (exact) mass is 489 g/mol. The van der Waals surface area contributed by atoms with E-state index >= 15 is 0 Å². The van der Waals surface area contributed by atoms with Crippen LogP contribution in [0.4, 0.5) is 11.5 Å². The number of hydrogen-bond donors (Lipinski definition) is 0. The Bertz CT molecular complexity index is 1440. The Hall–Kier alpha value is -4.85. The molecule has 8 heteroatoms. The van der Waals surface area contributed by atoms with Crippen LogP contribution in [0, 0.1) is 0 Å². The number of hydrogen-bond acceptors (Lipinski definition) is 6. The largest absolute Gasteiger partial charge is 0.352 e. The van der Waals surface area contributed by atoms with Crippen molar-refractivity contribution in [1.29, 1.82) is 0 Å². The smallest absolute Gasteiger partial charge is 0.266 e. The van der Waals surface area contributed by atoms with Crippen LogP contribution in [0.25, 0.3) is 11.3 Å². The van der Waals surface area contributed by atoms with Gasteiger partial charge in [0.05, 0.1) is 22.5 Å². The molecule has 0 spiro atoms. The summed E-state index contributed by atoms with van der Waals surface area (Å²) in [7, 11) is 0. The van der Waals surface area contributed by atoms with Crippen molar-refractivity contribution in [1.82, 2.24) is 15.1 Å². The highest BCUT2D eigenvalue weighted by molar-refractivity contribution is 6.34. The number of carbonyl (C=O) groups excluding carboxylic acids is 3. The quantitative estimate of drug-likeness (QED) is 0.404. The molecule has 0 N–H and O–H groups in total. The van der Waals surface area contributed by atoms with Crippen LogP contribution in [0.2, 0.25) is 0 Å². The first-order valence-corrected chi connectivity index (χ1v) is 12.1. The minimum atomic E-state index is -0.351. The molecule has 0 aliphatic carbocycles. The van der Waals surface area contributed by atoms with Crippen LogP contribution in [-0.2, 0) is 0 Å². The minimum Gasteiger partial charge on any atom is -0.352 e. The van der Waals surface area contributed by atoms with Crippen LogP contribution < -0.4 is 9.80 Å². The first kappa shape index (κ1) is 22.6. The summed E-state index contributed by atoms with van der Waals surface area (Å²) >= 11 is 0. The topological polar surface area (TPSA) is 86.7 Å². The van der Waals surface area contributed by atoms with E-state index in [1.165, 1.54) is 0 Å². The lowest BCUT2D eigenvalue weighted by Gasteiger charge is -2.35. The molecule has 0 atom stereocenters. The number of carbonyl (C=O) groups is 3. The van der Waals surface area contributed by atoms with Crippen LogP contribution >= 0.6 is 0 Å². The second-order valence-electron chi connectivity index (χ2n) is 8.96. The Morgan fingerprint density at radius 2 is 1.27 bits per heavy atom. The minimum absolute atomic E-state index is 0.0842. The fourth-order valence-electron chi connectivity index (χ4n) is 4.75. The molecule has 3 aromatic carbocycles. The summed E-state index contributed by atoms with van der Waals surface area (Å²) in [5.74, 6) is 0.00236. The van der Waals surface area contributed by atoms with Gasteiger partial charge in [0, 0.05) is 37.3 Å². The summed E-state index contributed by atoms with van der Waals surface area (Å²) in [6, 6.07) is 27.2. The van der Waals surface area contributed by atoms with E-state index in [1.807, 2.05) is 42.5 Å². The third-order valence-electron chi connectivity index (χ3n) is 6.78. The molecule has 2 aliphatic rings. The summed E-state index contributed by atoms with van der Waals surface area (Å²) in [5.41, 5.74) is 3.59. The van der Waals surface area contributed by atoms with Crippen molar-refractivity contribution in [2.45, 2.75) is 0 Å². The highest BCUT2D eigenvalue weighted by Crippen LogP contribution is 2.28. The summed E-state index contributed by atoms with van der Waals surface area (Å²) in [6.07, 6.45) is 0. The van der Waals surface area contributed by atoms with E-state index in [-0.39, 0.29) is 17.7 Å². The predicted molar refractivity (Wildman–Crippen MR) is 140 cm³/mol. The van der Waals surface area contributed by atoms with Gasteiger partial charge in [-0.05, 0) is 48.5 Å². The van der Waals surface area contributed by atoms with Gasteiger partial charge in [-0.25, -0.2) is 4.90 Å². The van der Waals surface area contributed by atoms with Crippen LogP contribution in [0.1, 0.15) is 31.1 Å². The molecule has 1 fully saturated rings. The molecule has 3 amide bonds. The van der Waals surface area contributed by atoms with Crippen molar-refractivity contribution in [3.63, 3.8) is 0 Å². The average Bonchev–Trinajstić information content (AvgIpc) is 3.23. The summed E-state index contributed by atoms with van der Waals surface area (Å²) in [4.78, 5) is 43.7. The number of anilines is 2. The molecule has 37 heavy (non-hydrogen) atoms. The molecule has 2 aliphatic heterocycles. The van der Waals surface area contributed by atoms with E-state index in [1.54, 1.807) is 53.4 Å². The van der Waals surface area contributed by atoms with Gasteiger partial charge in [0.1, 0.15) is 0 Å². The Morgan fingerprint density at radius 1 is 0.649 bits per heavy atom. The molecule has 4 aromatic rings. The summed E-state index contributed by atoms with van der Waals surface area (Å²) < 4.78 is 0. The third-order valence-corrected chi connectivity index (χ3v) is 6.78. The lowest BCUT2D eigenvalue weighted by atomic mass is 10.1. The molecule has 0 radical (unpaired) electrons. The van der Waals surface area contributed by atoms with Crippen LogP contribution in [0.5, 0.6) is 0 Å². The number of benzene rings is 3. The van der Waals surface area contributed by atoms with Crippen molar-refractivity contribution in [2.75, 3.05) is 36.0 Å². The first-order chi connectivity index (χ1) is 18.1. The third kappa shape index (κ3) is 4.12. The van der Waals surface area contributed by atoms with Crippen LogP contribution in [0.15, 0.2) is 91.0 Å². The van der Waals surface area contributed by atoms with Crippen LogP contribution in [0.3, 0.4) is 0 Å². The zero-order chi connectivity index (χ0) is 25.4. The lowest BCUT2D eigenvalue weighted by Crippen LogP contribution is -2.49. The molecule has 8 nitrogen and oxygen atoms in total. The summed E-state index contributed by atoms with van der Waals surface area (Å²) in [5, 5.41) is 8.76. The standard InChI is InChI=1S/C29H23N5O3/c35-27(21-10-12-22(13-11-21)34-28(36)23-8-4-5-9-24(23)29(34)37)33-18-16-32(17-19-33)26-15-14-25(30-31-26)20-6-2-1-3-7-20/h1-15H,16-19H2. The number of fused-ring (bicyclic) bond motifs is 1. The Kier molecular flexibility index (Phi) is 5.69. The number of rotatable bonds is 4. The zero-order valence-corrected chi connectivity index (χ0v) is 19.9. The normalized spacial score (nSPS) is 15.2. The van der Waals surface area contributed by atoms with E-state index in [0.717, 1.165) is 22.0 Å². The summed E-state index contributed by atoms with van der Waals surface area (Å²) in [6.45, 7) is 2.42. The fourth-order valence-corrected chi connectivity index (χ4v) is 4.75. The molecular formula is C29H23N5O3. The Labute approximate surface area is 213 Å². The van der Waals surface area contributed by atoms with Crippen molar-refractivity contribution in [2.24, 2.45) is 0 Å². The molecule has 182 valence electrons. The van der Waals surface area contributed by atoms with E-state index in [9.17, 15) is 14.4 Å². The lowest BCUT2D eigenvalue weighted by molar-refractivity contribution is 0.0746. The van der Waals surface area contributed by atoms with Crippen molar-refractivity contribution >= 4 is 29.2 Å². The maximum absolute atomic E-state index is 13.1. The van der Waals surface area contributed by atoms with E-state index < -0.39 is 0 Å². The van der Waals surface area contributed by atoms with Crippen molar-refractivity contribution in [3.05, 3.63) is 108 Å². The second kappa shape index (κ2) is 9.31. The Balaban J connectivity index is 1.09. The number of imide groups is 1. The number of aromatic nitrogens is 2. The predicted octanol–water partition coefficient (Wildman–Crippen LogP) is 3.91. The van der Waals surface area contributed by atoms with E-state index in [4.69, 9.17) is 0 Å².